The number of rotatable bonds is 8. The Balaban J connectivity index is 1.37. The first-order valence-corrected chi connectivity index (χ1v) is 12.2. The maximum absolute atomic E-state index is 13.0. The van der Waals surface area contributed by atoms with Gasteiger partial charge < -0.3 is 9.64 Å². The third-order valence-corrected chi connectivity index (χ3v) is 7.41. The van der Waals surface area contributed by atoms with Crippen molar-refractivity contribution in [3.05, 3.63) is 54.6 Å². The molecule has 0 atom stereocenters. The van der Waals surface area contributed by atoms with Crippen molar-refractivity contribution in [2.45, 2.75) is 31.6 Å². The highest BCUT2D eigenvalue weighted by atomic mass is 32.2. The summed E-state index contributed by atoms with van der Waals surface area (Å²) < 4.78 is 35.1. The summed E-state index contributed by atoms with van der Waals surface area (Å²) in [4.78, 5) is 6.53. The van der Waals surface area contributed by atoms with Crippen molar-refractivity contribution >= 4 is 15.8 Å². The minimum absolute atomic E-state index is 0.286. The fraction of sp³-hybridized carbons (Fsp3) is 0.409. The molecule has 4 rings (SSSR count). The molecule has 1 aliphatic rings. The topological polar surface area (TPSA) is 93.5 Å². The van der Waals surface area contributed by atoms with Crippen molar-refractivity contribution in [2.24, 2.45) is 0 Å². The van der Waals surface area contributed by atoms with Gasteiger partial charge in [0, 0.05) is 38.6 Å². The van der Waals surface area contributed by atoms with E-state index in [1.165, 1.54) is 4.31 Å². The zero-order chi connectivity index (χ0) is 22.6. The van der Waals surface area contributed by atoms with Gasteiger partial charge in [-0.25, -0.2) is 13.4 Å². The minimum atomic E-state index is -3.55. The van der Waals surface area contributed by atoms with E-state index in [4.69, 9.17) is 4.74 Å². The molecular formula is C22H28N6O3S. The summed E-state index contributed by atoms with van der Waals surface area (Å²) in [6.07, 6.45) is 5.59. The van der Waals surface area contributed by atoms with Gasteiger partial charge in [-0.3, -0.25) is 4.57 Å². The number of nitrogens with zero attached hydrogens (tertiary/aromatic N) is 6. The van der Waals surface area contributed by atoms with Gasteiger partial charge in [0.05, 0.1) is 11.5 Å². The Morgan fingerprint density at radius 3 is 2.25 bits per heavy atom. The van der Waals surface area contributed by atoms with Crippen LogP contribution in [-0.2, 0) is 10.0 Å². The van der Waals surface area contributed by atoms with Crippen LogP contribution in [0.1, 0.15) is 25.6 Å². The predicted molar refractivity (Wildman–Crippen MR) is 122 cm³/mol. The molecule has 0 unspecified atom stereocenters. The molecule has 0 spiro atoms. The number of aryl methyl sites for hydroxylation is 1. The zero-order valence-corrected chi connectivity index (χ0v) is 19.2. The number of unbranched alkanes of at least 4 members (excludes halogenated alkanes) is 1. The van der Waals surface area contributed by atoms with E-state index in [0.717, 1.165) is 24.5 Å². The molecule has 9 nitrogen and oxygen atoms in total. The average molecular weight is 457 g/mol. The lowest BCUT2D eigenvalue weighted by Gasteiger charge is -2.34. The fourth-order valence-corrected chi connectivity index (χ4v) is 5.01. The van der Waals surface area contributed by atoms with Crippen LogP contribution in [0, 0.1) is 6.92 Å². The van der Waals surface area contributed by atoms with Crippen LogP contribution in [0.2, 0.25) is 0 Å². The average Bonchev–Trinajstić information content (AvgIpc) is 3.26. The van der Waals surface area contributed by atoms with Crippen LogP contribution in [0.3, 0.4) is 0 Å². The van der Waals surface area contributed by atoms with Crippen molar-refractivity contribution in [3.63, 3.8) is 0 Å². The molecule has 2 aromatic heterocycles. The van der Waals surface area contributed by atoms with E-state index in [-0.39, 0.29) is 4.90 Å². The number of benzene rings is 1. The molecule has 0 aliphatic carbocycles. The molecule has 10 heteroatoms. The second-order valence-electron chi connectivity index (χ2n) is 7.66. The summed E-state index contributed by atoms with van der Waals surface area (Å²) in [7, 11) is -3.55. The summed E-state index contributed by atoms with van der Waals surface area (Å²) >= 11 is 0. The number of ether oxygens (including phenoxy) is 1. The second kappa shape index (κ2) is 9.66. The summed E-state index contributed by atoms with van der Waals surface area (Å²) in [5.74, 6) is 2.96. The first-order chi connectivity index (χ1) is 15.5. The second-order valence-corrected chi connectivity index (χ2v) is 9.60. The molecule has 0 amide bonds. The fourth-order valence-electron chi connectivity index (χ4n) is 3.58. The van der Waals surface area contributed by atoms with Crippen LogP contribution >= 0.6 is 0 Å². The van der Waals surface area contributed by atoms with Crippen LogP contribution in [0.5, 0.6) is 5.75 Å². The van der Waals surface area contributed by atoms with Crippen LogP contribution in [-0.4, -0.2) is 65.3 Å². The van der Waals surface area contributed by atoms with Gasteiger partial charge in [0.25, 0.3) is 0 Å². The number of aromatic nitrogens is 4. The molecule has 170 valence electrons. The molecule has 0 bridgehead atoms. The SMILES string of the molecule is CCCCOc1ccc(S(=O)(=O)N2CCN(c3ccc(-n4ccnc4C)nn3)CC2)cc1. The number of imidazole rings is 1. The molecule has 0 N–H and O–H groups in total. The first kappa shape index (κ1) is 22.2. The molecule has 3 heterocycles. The van der Waals surface area contributed by atoms with Gasteiger partial charge >= 0.3 is 0 Å². The van der Waals surface area contributed by atoms with Gasteiger partial charge in [-0.15, -0.1) is 10.2 Å². The van der Waals surface area contributed by atoms with E-state index in [0.29, 0.717) is 44.4 Å². The Kier molecular flexibility index (Phi) is 6.71. The Morgan fingerprint density at radius 1 is 0.969 bits per heavy atom. The predicted octanol–water partition coefficient (Wildman–Crippen LogP) is 2.66. The summed E-state index contributed by atoms with van der Waals surface area (Å²) in [6.45, 7) is 6.52. The van der Waals surface area contributed by atoms with Crippen LogP contribution in [0.4, 0.5) is 5.82 Å². The van der Waals surface area contributed by atoms with Crippen molar-refractivity contribution in [1.29, 1.82) is 0 Å². The van der Waals surface area contributed by atoms with Gasteiger partial charge in [0.2, 0.25) is 10.0 Å². The Morgan fingerprint density at radius 2 is 1.66 bits per heavy atom. The van der Waals surface area contributed by atoms with E-state index in [2.05, 4.69) is 22.1 Å². The number of sulfonamides is 1. The van der Waals surface area contributed by atoms with Crippen molar-refractivity contribution in [2.75, 3.05) is 37.7 Å². The quantitative estimate of drug-likeness (QED) is 0.481. The van der Waals surface area contributed by atoms with Gasteiger partial charge in [-0.2, -0.15) is 4.31 Å². The zero-order valence-electron chi connectivity index (χ0n) is 18.4. The summed E-state index contributed by atoms with van der Waals surface area (Å²) in [5, 5.41) is 8.63. The molecule has 0 saturated carbocycles. The summed E-state index contributed by atoms with van der Waals surface area (Å²) in [5.41, 5.74) is 0. The van der Waals surface area contributed by atoms with Crippen LogP contribution in [0.25, 0.3) is 5.82 Å². The third-order valence-electron chi connectivity index (χ3n) is 5.50. The number of anilines is 1. The number of hydrogen-bond acceptors (Lipinski definition) is 7. The molecule has 1 saturated heterocycles. The van der Waals surface area contributed by atoms with Gasteiger partial charge in [-0.05, 0) is 49.7 Å². The van der Waals surface area contributed by atoms with Gasteiger partial charge in [-0.1, -0.05) is 13.3 Å². The Bertz CT molecular complexity index is 1120. The maximum atomic E-state index is 13.0. The Hall–Kier alpha value is -2.98. The molecule has 0 radical (unpaired) electrons. The third kappa shape index (κ3) is 4.76. The van der Waals surface area contributed by atoms with E-state index in [1.807, 2.05) is 34.7 Å². The smallest absolute Gasteiger partial charge is 0.243 e. The van der Waals surface area contributed by atoms with Gasteiger partial charge in [0.1, 0.15) is 11.6 Å². The number of piperazine rings is 1. The highest BCUT2D eigenvalue weighted by Gasteiger charge is 2.29. The van der Waals surface area contributed by atoms with Crippen molar-refractivity contribution in [3.8, 4) is 11.6 Å². The van der Waals surface area contributed by atoms with Crippen molar-refractivity contribution in [1.82, 2.24) is 24.1 Å². The number of hydrogen-bond donors (Lipinski definition) is 0. The molecule has 1 aliphatic heterocycles. The van der Waals surface area contributed by atoms with E-state index >= 15 is 0 Å². The molecule has 32 heavy (non-hydrogen) atoms. The van der Waals surface area contributed by atoms with Crippen LogP contribution < -0.4 is 9.64 Å². The standard InChI is InChI=1S/C22H28N6O3S/c1-3-4-17-31-19-5-7-20(8-6-19)32(29,30)27-15-13-26(14-16-27)21-9-10-22(25-24-21)28-12-11-23-18(28)2/h5-12H,3-4,13-17H2,1-2H3. The maximum Gasteiger partial charge on any atom is 0.243 e. The van der Waals surface area contributed by atoms with Crippen molar-refractivity contribution < 1.29 is 13.2 Å². The molecule has 1 aromatic carbocycles. The van der Waals surface area contributed by atoms with Gasteiger partial charge in [0.15, 0.2) is 11.6 Å². The summed E-state index contributed by atoms with van der Waals surface area (Å²) in [6, 6.07) is 10.5. The lowest BCUT2D eigenvalue weighted by Crippen LogP contribution is -2.49. The monoisotopic (exact) mass is 456 g/mol. The molecule has 1 fully saturated rings. The van der Waals surface area contributed by atoms with E-state index in [1.54, 1.807) is 30.5 Å². The highest BCUT2D eigenvalue weighted by Crippen LogP contribution is 2.22. The Labute approximate surface area is 188 Å². The van der Waals surface area contributed by atoms with E-state index in [9.17, 15) is 8.42 Å². The lowest BCUT2D eigenvalue weighted by molar-refractivity contribution is 0.309. The highest BCUT2D eigenvalue weighted by molar-refractivity contribution is 7.89. The molecular weight excluding hydrogens is 428 g/mol. The minimum Gasteiger partial charge on any atom is -0.494 e. The van der Waals surface area contributed by atoms with E-state index < -0.39 is 10.0 Å². The van der Waals surface area contributed by atoms with Crippen LogP contribution in [0.15, 0.2) is 53.7 Å². The first-order valence-electron chi connectivity index (χ1n) is 10.8. The molecule has 3 aromatic rings. The normalized spacial score (nSPS) is 15.1. The largest absolute Gasteiger partial charge is 0.494 e. The lowest BCUT2D eigenvalue weighted by atomic mass is 10.3.